The number of anilines is 1. The summed E-state index contributed by atoms with van der Waals surface area (Å²) in [6.07, 6.45) is 1.13. The van der Waals surface area contributed by atoms with Crippen molar-refractivity contribution in [3.63, 3.8) is 0 Å². The van der Waals surface area contributed by atoms with Crippen molar-refractivity contribution in [2.75, 3.05) is 18.8 Å². The number of amides is 2. The smallest absolute Gasteiger partial charge is 0.280 e. The number of nitro benzene ring substituents is 1. The van der Waals surface area contributed by atoms with Crippen LogP contribution in [0.5, 0.6) is 17.2 Å². The predicted octanol–water partition coefficient (Wildman–Crippen LogP) is 2.16. The number of fused-ring (bicyclic) bond motifs is 1. The molecule has 2 heterocycles. The van der Waals surface area contributed by atoms with E-state index in [2.05, 4.69) is 5.32 Å². The van der Waals surface area contributed by atoms with E-state index in [9.17, 15) is 19.7 Å². The van der Waals surface area contributed by atoms with Gasteiger partial charge in [0.2, 0.25) is 6.79 Å². The zero-order valence-corrected chi connectivity index (χ0v) is 16.2. The number of rotatable bonds is 4. The molecule has 1 saturated heterocycles. The molecule has 0 atom stereocenters. The first kappa shape index (κ1) is 19.3. The van der Waals surface area contributed by atoms with E-state index in [0.29, 0.717) is 11.4 Å². The fourth-order valence-corrected chi connectivity index (χ4v) is 3.30. The highest BCUT2D eigenvalue weighted by Gasteiger charge is 2.35. The van der Waals surface area contributed by atoms with Crippen molar-refractivity contribution < 1.29 is 28.7 Å². The quantitative estimate of drug-likeness (QED) is 0.259. The Morgan fingerprint density at radius 1 is 1.23 bits per heavy atom. The zero-order valence-electron chi connectivity index (χ0n) is 15.4. The third kappa shape index (κ3) is 3.31. The van der Waals surface area contributed by atoms with Crippen LogP contribution in [0.3, 0.4) is 0 Å². The minimum absolute atomic E-state index is 0.0150. The number of carbonyl (C=O) groups excluding carboxylic acids is 2. The lowest BCUT2D eigenvalue weighted by Gasteiger charge is -2.29. The number of nitro groups is 1. The largest absolute Gasteiger partial charge is 0.497 e. The predicted molar refractivity (Wildman–Crippen MR) is 108 cm³/mol. The Hall–Kier alpha value is -3.99. The molecule has 10 nitrogen and oxygen atoms in total. The highest BCUT2D eigenvalue weighted by molar-refractivity contribution is 7.80. The number of carbonyl (C=O) groups is 2. The Morgan fingerprint density at radius 2 is 1.97 bits per heavy atom. The van der Waals surface area contributed by atoms with Crippen LogP contribution < -0.4 is 24.4 Å². The van der Waals surface area contributed by atoms with Crippen molar-refractivity contribution in [2.24, 2.45) is 0 Å². The standard InChI is InChI=1S/C19H13N3O7S/c1-27-12-4-2-3-11(7-12)21-18(24)13(17(23)20-19(21)30)5-10-6-15-16(29-9-28-15)8-14(10)22(25)26/h2-8H,9H2,1H3,(H,20,23,30)/b13-5+. The SMILES string of the molecule is COc1cccc(N2C(=O)/C(=C/c3cc4c(cc3[N+](=O)[O-])OCO4)C(=O)NC2=S)c1. The van der Waals surface area contributed by atoms with E-state index in [1.54, 1.807) is 24.3 Å². The Bertz CT molecular complexity index is 1140. The van der Waals surface area contributed by atoms with Crippen LogP contribution in [0.1, 0.15) is 5.56 Å². The summed E-state index contributed by atoms with van der Waals surface area (Å²) < 4.78 is 15.6. The van der Waals surface area contributed by atoms with Crippen LogP contribution in [0.25, 0.3) is 6.08 Å². The first-order chi connectivity index (χ1) is 14.4. The van der Waals surface area contributed by atoms with Crippen molar-refractivity contribution in [1.29, 1.82) is 0 Å². The number of ether oxygens (including phenoxy) is 3. The molecule has 2 aliphatic heterocycles. The number of nitrogens with one attached hydrogen (secondary N) is 1. The summed E-state index contributed by atoms with van der Waals surface area (Å²) in [5, 5.41) is 13.8. The van der Waals surface area contributed by atoms with Crippen molar-refractivity contribution in [3.05, 3.63) is 57.6 Å². The maximum atomic E-state index is 13.1. The molecule has 0 radical (unpaired) electrons. The molecular weight excluding hydrogens is 414 g/mol. The second kappa shape index (κ2) is 7.44. The molecule has 152 valence electrons. The van der Waals surface area contributed by atoms with Gasteiger partial charge in [0.15, 0.2) is 16.6 Å². The van der Waals surface area contributed by atoms with E-state index < -0.39 is 16.7 Å². The van der Waals surface area contributed by atoms with Crippen LogP contribution in [0.2, 0.25) is 0 Å². The molecule has 0 aliphatic carbocycles. The summed E-state index contributed by atoms with van der Waals surface area (Å²) in [7, 11) is 1.47. The Kier molecular flexibility index (Phi) is 4.80. The maximum absolute atomic E-state index is 13.1. The highest BCUT2D eigenvalue weighted by atomic mass is 32.1. The molecule has 0 unspecified atom stereocenters. The van der Waals surface area contributed by atoms with Crippen LogP contribution in [0, 0.1) is 10.1 Å². The van der Waals surface area contributed by atoms with Gasteiger partial charge < -0.3 is 14.2 Å². The zero-order chi connectivity index (χ0) is 21.4. The second-order valence-corrected chi connectivity index (χ2v) is 6.57. The monoisotopic (exact) mass is 427 g/mol. The lowest BCUT2D eigenvalue weighted by atomic mass is 10.0. The minimum atomic E-state index is -0.767. The lowest BCUT2D eigenvalue weighted by molar-refractivity contribution is -0.385. The Labute approximate surface area is 174 Å². The highest BCUT2D eigenvalue weighted by Crippen LogP contribution is 2.39. The van der Waals surface area contributed by atoms with E-state index in [-0.39, 0.29) is 40.2 Å². The van der Waals surface area contributed by atoms with E-state index in [1.807, 2.05) is 0 Å². The van der Waals surface area contributed by atoms with E-state index in [1.165, 1.54) is 19.2 Å². The number of nitrogens with zero attached hydrogens (tertiary/aromatic N) is 2. The van der Waals surface area contributed by atoms with Gasteiger partial charge in [-0.05, 0) is 36.5 Å². The number of methoxy groups -OCH3 is 1. The summed E-state index contributed by atoms with van der Waals surface area (Å²) >= 11 is 5.15. The average molecular weight is 427 g/mol. The third-order valence-corrected chi connectivity index (χ3v) is 4.72. The molecular formula is C19H13N3O7S. The summed E-state index contributed by atoms with van der Waals surface area (Å²) in [6, 6.07) is 9.06. The molecule has 4 rings (SSSR count). The van der Waals surface area contributed by atoms with E-state index in [4.69, 9.17) is 26.4 Å². The van der Waals surface area contributed by atoms with Crippen molar-refractivity contribution in [1.82, 2.24) is 5.32 Å². The molecule has 0 spiro atoms. The van der Waals surface area contributed by atoms with Gasteiger partial charge in [0.1, 0.15) is 11.3 Å². The maximum Gasteiger partial charge on any atom is 0.280 e. The van der Waals surface area contributed by atoms with Crippen LogP contribution in [-0.4, -0.2) is 35.8 Å². The van der Waals surface area contributed by atoms with Crippen molar-refractivity contribution >= 4 is 46.6 Å². The Morgan fingerprint density at radius 3 is 2.67 bits per heavy atom. The summed E-state index contributed by atoms with van der Waals surface area (Å²) in [6.45, 7) is -0.0795. The van der Waals surface area contributed by atoms with Gasteiger partial charge >= 0.3 is 0 Å². The second-order valence-electron chi connectivity index (χ2n) is 6.18. The van der Waals surface area contributed by atoms with Crippen LogP contribution in [-0.2, 0) is 9.59 Å². The fourth-order valence-electron chi connectivity index (χ4n) is 3.02. The normalized spacial score (nSPS) is 16.6. The molecule has 0 bridgehead atoms. The number of hydrogen-bond donors (Lipinski definition) is 1. The fraction of sp³-hybridized carbons (Fsp3) is 0.105. The van der Waals surface area contributed by atoms with Gasteiger partial charge in [0.05, 0.1) is 29.4 Å². The van der Waals surface area contributed by atoms with E-state index >= 15 is 0 Å². The molecule has 1 N–H and O–H groups in total. The third-order valence-electron chi connectivity index (χ3n) is 4.43. The molecule has 30 heavy (non-hydrogen) atoms. The molecule has 2 aromatic carbocycles. The molecule has 0 saturated carbocycles. The van der Waals surface area contributed by atoms with Crippen LogP contribution >= 0.6 is 12.2 Å². The Balaban J connectivity index is 1.79. The lowest BCUT2D eigenvalue weighted by Crippen LogP contribution is -2.54. The van der Waals surface area contributed by atoms with Gasteiger partial charge in [-0.1, -0.05) is 6.07 Å². The topological polar surface area (TPSA) is 120 Å². The number of thiocarbonyl (C=S) groups is 1. The van der Waals surface area contributed by atoms with Crippen LogP contribution in [0.4, 0.5) is 11.4 Å². The minimum Gasteiger partial charge on any atom is -0.497 e. The molecule has 2 aromatic rings. The molecule has 0 aromatic heterocycles. The first-order valence-electron chi connectivity index (χ1n) is 8.52. The molecule has 11 heteroatoms. The van der Waals surface area contributed by atoms with Crippen molar-refractivity contribution in [2.45, 2.75) is 0 Å². The first-order valence-corrected chi connectivity index (χ1v) is 8.93. The van der Waals surface area contributed by atoms with Gasteiger partial charge in [-0.2, -0.15) is 0 Å². The number of hydrogen-bond acceptors (Lipinski definition) is 8. The summed E-state index contributed by atoms with van der Waals surface area (Å²) in [5.74, 6) is -0.532. The van der Waals surface area contributed by atoms with Crippen LogP contribution in [0.15, 0.2) is 42.0 Å². The van der Waals surface area contributed by atoms with Gasteiger partial charge in [0, 0.05) is 6.07 Å². The molecule has 1 fully saturated rings. The average Bonchev–Trinajstić information content (AvgIpc) is 3.17. The molecule has 2 amide bonds. The number of benzene rings is 2. The molecule has 2 aliphatic rings. The van der Waals surface area contributed by atoms with Gasteiger partial charge in [-0.3, -0.25) is 29.9 Å². The van der Waals surface area contributed by atoms with Gasteiger partial charge in [-0.25, -0.2) is 0 Å². The summed E-state index contributed by atoms with van der Waals surface area (Å²) in [5.41, 5.74) is -0.279. The van der Waals surface area contributed by atoms with Gasteiger partial charge in [-0.15, -0.1) is 0 Å². The van der Waals surface area contributed by atoms with Gasteiger partial charge in [0.25, 0.3) is 17.5 Å². The van der Waals surface area contributed by atoms with E-state index in [0.717, 1.165) is 11.0 Å². The summed E-state index contributed by atoms with van der Waals surface area (Å²) in [4.78, 5) is 37.5. The van der Waals surface area contributed by atoms with Crippen molar-refractivity contribution in [3.8, 4) is 17.2 Å².